The van der Waals surface area contributed by atoms with Crippen molar-refractivity contribution >= 4 is 39.3 Å². The lowest BCUT2D eigenvalue weighted by Gasteiger charge is -2.33. The van der Waals surface area contributed by atoms with Crippen molar-refractivity contribution in [1.82, 2.24) is 0 Å². The normalized spacial score (nSPS) is 19.9. The summed E-state index contributed by atoms with van der Waals surface area (Å²) in [4.78, 5) is 14.0. The van der Waals surface area contributed by atoms with E-state index in [1.807, 2.05) is 30.1 Å². The summed E-state index contributed by atoms with van der Waals surface area (Å²) < 4.78 is 0.945. The molecule has 5 heteroatoms. The molecule has 1 heterocycles. The van der Waals surface area contributed by atoms with Gasteiger partial charge in [0.25, 0.3) is 0 Å². The van der Waals surface area contributed by atoms with Crippen LogP contribution in [0.15, 0.2) is 27.6 Å². The highest BCUT2D eigenvalue weighted by Crippen LogP contribution is 2.41. The number of anilines is 1. The number of thioether (sulfide) groups is 1. The number of fused-ring (bicyclic) bond motifs is 1. The molecule has 0 saturated carbocycles. The van der Waals surface area contributed by atoms with Gasteiger partial charge in [-0.3, -0.25) is 0 Å². The monoisotopic (exact) mass is 287 g/mol. The molecule has 1 aromatic carbocycles. The number of likely N-dealkylation sites (N-methyl/N-ethyl adjacent to an activating group) is 1. The zero-order valence-electron chi connectivity index (χ0n) is 8.11. The first kappa shape index (κ1) is 10.8. The van der Waals surface area contributed by atoms with Crippen LogP contribution in [0, 0.1) is 0 Å². The summed E-state index contributed by atoms with van der Waals surface area (Å²) in [6, 6.07) is 5.46. The third-order valence-electron chi connectivity index (χ3n) is 2.45. The van der Waals surface area contributed by atoms with Gasteiger partial charge in [-0.2, -0.15) is 0 Å². The van der Waals surface area contributed by atoms with E-state index in [2.05, 4.69) is 15.9 Å². The molecule has 0 spiro atoms. The van der Waals surface area contributed by atoms with Crippen molar-refractivity contribution in [2.75, 3.05) is 17.7 Å². The molecule has 0 bridgehead atoms. The van der Waals surface area contributed by atoms with E-state index < -0.39 is 12.0 Å². The molecule has 0 saturated heterocycles. The molecule has 1 N–H and O–H groups in total. The largest absolute Gasteiger partial charge is 0.480 e. The molecule has 3 nitrogen and oxygen atoms in total. The van der Waals surface area contributed by atoms with Crippen molar-refractivity contribution in [1.29, 1.82) is 0 Å². The SMILES string of the molecule is CN1c2c(Br)cccc2SCC1C(=O)O. The van der Waals surface area contributed by atoms with Crippen LogP contribution in [0.5, 0.6) is 0 Å². The number of carboxylic acid groups (broad SMARTS) is 1. The Morgan fingerprint density at radius 2 is 2.40 bits per heavy atom. The molecule has 1 aromatic rings. The van der Waals surface area contributed by atoms with Crippen LogP contribution in [0.1, 0.15) is 0 Å². The molecule has 1 atom stereocenters. The predicted octanol–water partition coefficient (Wildman–Crippen LogP) is 2.44. The number of rotatable bonds is 1. The molecule has 15 heavy (non-hydrogen) atoms. The Morgan fingerprint density at radius 1 is 1.67 bits per heavy atom. The van der Waals surface area contributed by atoms with Gasteiger partial charge in [0.15, 0.2) is 0 Å². The summed E-state index contributed by atoms with van der Waals surface area (Å²) in [5.41, 5.74) is 0.973. The van der Waals surface area contributed by atoms with Crippen molar-refractivity contribution in [3.8, 4) is 0 Å². The Hall–Kier alpha value is -0.680. The summed E-state index contributed by atoms with van der Waals surface area (Å²) in [5.74, 6) is -0.179. The van der Waals surface area contributed by atoms with Crippen LogP contribution in [0.4, 0.5) is 5.69 Å². The summed E-state index contributed by atoms with van der Waals surface area (Å²) >= 11 is 5.04. The van der Waals surface area contributed by atoms with Crippen LogP contribution >= 0.6 is 27.7 Å². The molecule has 1 aliphatic rings. The van der Waals surface area contributed by atoms with Crippen LogP contribution in [-0.4, -0.2) is 29.9 Å². The van der Waals surface area contributed by atoms with E-state index in [0.717, 1.165) is 15.1 Å². The lowest BCUT2D eigenvalue weighted by molar-refractivity contribution is -0.138. The minimum absolute atomic E-state index is 0.443. The van der Waals surface area contributed by atoms with Crippen molar-refractivity contribution in [3.63, 3.8) is 0 Å². The van der Waals surface area contributed by atoms with Crippen molar-refractivity contribution in [3.05, 3.63) is 22.7 Å². The molecule has 0 aliphatic carbocycles. The minimum Gasteiger partial charge on any atom is -0.480 e. The molecule has 80 valence electrons. The second kappa shape index (κ2) is 4.06. The zero-order valence-corrected chi connectivity index (χ0v) is 10.5. The highest BCUT2D eigenvalue weighted by Gasteiger charge is 2.30. The van der Waals surface area contributed by atoms with E-state index in [4.69, 9.17) is 5.11 Å². The Labute approximate surface area is 101 Å². The van der Waals surface area contributed by atoms with Crippen LogP contribution < -0.4 is 4.90 Å². The first-order chi connectivity index (χ1) is 7.11. The van der Waals surface area contributed by atoms with E-state index in [1.54, 1.807) is 11.8 Å². The van der Waals surface area contributed by atoms with E-state index in [9.17, 15) is 4.79 Å². The van der Waals surface area contributed by atoms with Crippen LogP contribution in [-0.2, 0) is 4.79 Å². The Balaban J connectivity index is 2.45. The van der Waals surface area contributed by atoms with Gasteiger partial charge < -0.3 is 10.0 Å². The van der Waals surface area contributed by atoms with Gasteiger partial charge in [-0.1, -0.05) is 6.07 Å². The Bertz CT molecular complexity index is 410. The van der Waals surface area contributed by atoms with Crippen LogP contribution in [0.2, 0.25) is 0 Å². The average molecular weight is 288 g/mol. The maximum Gasteiger partial charge on any atom is 0.327 e. The van der Waals surface area contributed by atoms with E-state index >= 15 is 0 Å². The lowest BCUT2D eigenvalue weighted by atomic mass is 10.2. The van der Waals surface area contributed by atoms with Crippen molar-refractivity contribution in [2.24, 2.45) is 0 Å². The van der Waals surface area contributed by atoms with Crippen molar-refractivity contribution < 1.29 is 9.90 Å². The van der Waals surface area contributed by atoms with Crippen LogP contribution in [0.3, 0.4) is 0 Å². The molecular formula is C10H10BrNO2S. The number of carboxylic acids is 1. The maximum atomic E-state index is 11.0. The highest BCUT2D eigenvalue weighted by atomic mass is 79.9. The standard InChI is InChI=1S/C10H10BrNO2S/c1-12-7(10(13)14)5-15-8-4-2-3-6(11)9(8)12/h2-4,7H,5H2,1H3,(H,13,14). The average Bonchev–Trinajstić information content (AvgIpc) is 2.17. The molecular weight excluding hydrogens is 278 g/mol. The minimum atomic E-state index is -0.772. The second-order valence-electron chi connectivity index (χ2n) is 3.36. The molecule has 0 amide bonds. The van der Waals surface area contributed by atoms with Gasteiger partial charge in [0.05, 0.1) is 5.69 Å². The van der Waals surface area contributed by atoms with Gasteiger partial charge >= 0.3 is 5.97 Å². The fourth-order valence-electron chi connectivity index (χ4n) is 1.63. The number of nitrogens with zero attached hydrogens (tertiary/aromatic N) is 1. The molecule has 1 unspecified atom stereocenters. The number of hydrogen-bond donors (Lipinski definition) is 1. The number of para-hydroxylation sites is 1. The van der Waals surface area contributed by atoms with E-state index in [1.165, 1.54) is 0 Å². The van der Waals surface area contributed by atoms with Gasteiger partial charge in [0, 0.05) is 22.2 Å². The number of hydrogen-bond acceptors (Lipinski definition) is 3. The molecule has 0 fully saturated rings. The van der Waals surface area contributed by atoms with Gasteiger partial charge in [0.1, 0.15) is 6.04 Å². The quantitative estimate of drug-likeness (QED) is 0.861. The number of benzene rings is 1. The fourth-order valence-corrected chi connectivity index (χ4v) is 3.67. The first-order valence-electron chi connectivity index (χ1n) is 4.48. The third kappa shape index (κ3) is 1.86. The topological polar surface area (TPSA) is 40.5 Å². The summed E-state index contributed by atoms with van der Waals surface area (Å²) in [6.07, 6.45) is 0. The third-order valence-corrected chi connectivity index (χ3v) is 4.21. The summed E-state index contributed by atoms with van der Waals surface area (Å²) in [7, 11) is 1.82. The lowest BCUT2D eigenvalue weighted by Crippen LogP contribution is -2.42. The van der Waals surface area contributed by atoms with Gasteiger partial charge in [-0.05, 0) is 28.1 Å². The predicted molar refractivity (Wildman–Crippen MR) is 64.7 cm³/mol. The van der Waals surface area contributed by atoms with E-state index in [0.29, 0.717) is 5.75 Å². The number of carbonyl (C=O) groups is 1. The zero-order chi connectivity index (χ0) is 11.0. The van der Waals surface area contributed by atoms with Gasteiger partial charge in [-0.25, -0.2) is 4.79 Å². The first-order valence-corrected chi connectivity index (χ1v) is 6.26. The fraction of sp³-hybridized carbons (Fsp3) is 0.300. The van der Waals surface area contributed by atoms with Gasteiger partial charge in [-0.15, -0.1) is 11.8 Å². The molecule has 0 aromatic heterocycles. The Kier molecular flexibility index (Phi) is 2.93. The van der Waals surface area contributed by atoms with Gasteiger partial charge in [0.2, 0.25) is 0 Å². The second-order valence-corrected chi connectivity index (χ2v) is 5.28. The molecule has 1 aliphatic heterocycles. The number of aliphatic carboxylic acids is 1. The van der Waals surface area contributed by atoms with Crippen LogP contribution in [0.25, 0.3) is 0 Å². The van der Waals surface area contributed by atoms with E-state index in [-0.39, 0.29) is 0 Å². The maximum absolute atomic E-state index is 11.0. The molecule has 0 radical (unpaired) electrons. The van der Waals surface area contributed by atoms with Crippen molar-refractivity contribution in [2.45, 2.75) is 10.9 Å². The summed E-state index contributed by atoms with van der Waals surface area (Å²) in [5, 5.41) is 9.05. The number of halogens is 1. The Morgan fingerprint density at radius 3 is 3.07 bits per heavy atom. The highest BCUT2D eigenvalue weighted by molar-refractivity contribution is 9.10. The summed E-state index contributed by atoms with van der Waals surface area (Å²) in [6.45, 7) is 0. The smallest absolute Gasteiger partial charge is 0.327 e. The molecule has 2 rings (SSSR count).